The molecule has 2 aromatic carbocycles. The lowest BCUT2D eigenvalue weighted by molar-refractivity contribution is 0.560. The summed E-state index contributed by atoms with van der Waals surface area (Å²) in [5, 5.41) is 8.96. The molecule has 130 valence electrons. The fourth-order valence-corrected chi connectivity index (χ4v) is 2.81. The number of aromatic nitrogens is 2. The summed E-state index contributed by atoms with van der Waals surface area (Å²) in [7, 11) is 0. The van der Waals surface area contributed by atoms with E-state index in [1.165, 1.54) is 0 Å². The zero-order valence-corrected chi connectivity index (χ0v) is 15.5. The highest BCUT2D eigenvalue weighted by Crippen LogP contribution is 2.29. The van der Waals surface area contributed by atoms with Gasteiger partial charge in [0.2, 0.25) is 0 Å². The van der Waals surface area contributed by atoms with Crippen LogP contribution in [-0.2, 0) is 12.0 Å². The van der Waals surface area contributed by atoms with E-state index in [1.807, 2.05) is 53.2 Å². The van der Waals surface area contributed by atoms with Gasteiger partial charge in [0, 0.05) is 28.7 Å². The Balaban J connectivity index is 2.11. The second kappa shape index (κ2) is 6.90. The van der Waals surface area contributed by atoms with Crippen molar-refractivity contribution >= 4 is 23.1 Å². The van der Waals surface area contributed by atoms with Crippen molar-refractivity contribution < 1.29 is 0 Å². The molecule has 4 nitrogen and oxygen atoms in total. The van der Waals surface area contributed by atoms with Gasteiger partial charge in [-0.25, -0.2) is 4.68 Å². The number of halogens is 1. The minimum absolute atomic E-state index is 0.0618. The third-order valence-electron chi connectivity index (χ3n) is 4.01. The monoisotopic (exact) mass is 354 g/mol. The molecule has 0 spiro atoms. The molecule has 0 fully saturated rings. The highest BCUT2D eigenvalue weighted by molar-refractivity contribution is 6.30. The Hall–Kier alpha value is -2.30. The van der Waals surface area contributed by atoms with Gasteiger partial charge in [-0.3, -0.25) is 0 Å². The molecule has 0 saturated carbocycles. The number of hydrogen-bond acceptors (Lipinski definition) is 3. The molecular weight excluding hydrogens is 332 g/mol. The fraction of sp³-hybridized carbons (Fsp3) is 0.250. The van der Waals surface area contributed by atoms with Crippen LogP contribution in [0.15, 0.2) is 54.6 Å². The van der Waals surface area contributed by atoms with Crippen LogP contribution in [0, 0.1) is 0 Å². The average Bonchev–Trinajstić information content (AvgIpc) is 2.99. The molecule has 0 amide bonds. The average molecular weight is 355 g/mol. The number of anilines is 2. The van der Waals surface area contributed by atoms with Crippen molar-refractivity contribution in [1.82, 2.24) is 9.78 Å². The number of rotatable bonds is 4. The third kappa shape index (κ3) is 3.86. The molecule has 5 heteroatoms. The number of nitrogens with zero attached hydrogens (tertiary/aromatic N) is 2. The third-order valence-corrected chi connectivity index (χ3v) is 4.25. The molecular formula is C20H23ClN4. The Morgan fingerprint density at radius 1 is 1.08 bits per heavy atom. The van der Waals surface area contributed by atoms with Gasteiger partial charge in [0.1, 0.15) is 5.82 Å². The molecule has 3 N–H and O–H groups in total. The topological polar surface area (TPSA) is 55.9 Å². The summed E-state index contributed by atoms with van der Waals surface area (Å²) in [6.07, 6.45) is 0. The number of nitrogens with one attached hydrogen (secondary N) is 1. The van der Waals surface area contributed by atoms with Gasteiger partial charge in [0.25, 0.3) is 0 Å². The Bertz CT molecular complexity index is 877. The first-order valence-corrected chi connectivity index (χ1v) is 8.68. The number of benzene rings is 2. The van der Waals surface area contributed by atoms with E-state index in [0.29, 0.717) is 11.6 Å². The molecule has 0 aliphatic rings. The van der Waals surface area contributed by atoms with Crippen LogP contribution >= 0.6 is 11.6 Å². The number of nitrogens with two attached hydrogens (primary N) is 1. The zero-order valence-electron chi connectivity index (χ0n) is 14.8. The highest BCUT2D eigenvalue weighted by atomic mass is 35.5. The van der Waals surface area contributed by atoms with E-state index < -0.39 is 0 Å². The summed E-state index contributed by atoms with van der Waals surface area (Å²) < 4.78 is 1.92. The Labute approximate surface area is 153 Å². The zero-order chi connectivity index (χ0) is 18.0. The standard InChI is InChI=1S/C20H23ClN4/c1-20(2,3)18-12-19(23-16-9-6-8-15(21)11-16)25(24-18)17-10-5-4-7-14(17)13-22/h4-12,23H,13,22H2,1-3H3. The number of hydrogen-bond donors (Lipinski definition) is 2. The van der Waals surface area contributed by atoms with E-state index in [4.69, 9.17) is 22.4 Å². The van der Waals surface area contributed by atoms with Gasteiger partial charge in [0.15, 0.2) is 0 Å². The molecule has 3 rings (SSSR count). The van der Waals surface area contributed by atoms with Crippen LogP contribution < -0.4 is 11.1 Å². The van der Waals surface area contributed by atoms with E-state index in [-0.39, 0.29) is 5.41 Å². The summed E-state index contributed by atoms with van der Waals surface area (Å²) in [5.74, 6) is 0.882. The van der Waals surface area contributed by atoms with Crippen LogP contribution in [0.2, 0.25) is 5.02 Å². The first-order valence-electron chi connectivity index (χ1n) is 8.30. The maximum Gasteiger partial charge on any atom is 0.134 e. The molecule has 1 aromatic heterocycles. The van der Waals surface area contributed by atoms with E-state index in [0.717, 1.165) is 28.5 Å². The summed E-state index contributed by atoms with van der Waals surface area (Å²) in [5.41, 5.74) is 9.80. The quantitative estimate of drug-likeness (QED) is 0.691. The van der Waals surface area contributed by atoms with Crippen LogP contribution in [0.25, 0.3) is 5.69 Å². The van der Waals surface area contributed by atoms with Gasteiger partial charge in [-0.15, -0.1) is 0 Å². The van der Waals surface area contributed by atoms with Crippen molar-refractivity contribution in [2.24, 2.45) is 5.73 Å². The molecule has 0 aliphatic carbocycles. The molecule has 25 heavy (non-hydrogen) atoms. The minimum Gasteiger partial charge on any atom is -0.340 e. The molecule has 3 aromatic rings. The van der Waals surface area contributed by atoms with Gasteiger partial charge in [-0.1, -0.05) is 56.6 Å². The maximum absolute atomic E-state index is 6.11. The maximum atomic E-state index is 6.11. The second-order valence-electron chi connectivity index (χ2n) is 7.04. The highest BCUT2D eigenvalue weighted by Gasteiger charge is 2.21. The van der Waals surface area contributed by atoms with Crippen LogP contribution in [0.3, 0.4) is 0 Å². The predicted molar refractivity (Wildman–Crippen MR) is 105 cm³/mol. The van der Waals surface area contributed by atoms with E-state index >= 15 is 0 Å². The van der Waals surface area contributed by atoms with Crippen LogP contribution in [-0.4, -0.2) is 9.78 Å². The molecule has 0 bridgehead atoms. The Morgan fingerprint density at radius 2 is 1.84 bits per heavy atom. The van der Waals surface area contributed by atoms with Crippen LogP contribution in [0.5, 0.6) is 0 Å². The van der Waals surface area contributed by atoms with Crippen molar-refractivity contribution in [2.45, 2.75) is 32.7 Å². The number of para-hydroxylation sites is 1. The van der Waals surface area contributed by atoms with Crippen molar-refractivity contribution in [3.63, 3.8) is 0 Å². The van der Waals surface area contributed by atoms with Crippen LogP contribution in [0.4, 0.5) is 11.5 Å². The van der Waals surface area contributed by atoms with Crippen molar-refractivity contribution in [3.8, 4) is 5.69 Å². The van der Waals surface area contributed by atoms with Crippen molar-refractivity contribution in [1.29, 1.82) is 0 Å². The molecule has 0 radical (unpaired) electrons. The summed E-state index contributed by atoms with van der Waals surface area (Å²) in [6.45, 7) is 6.91. The van der Waals surface area contributed by atoms with Crippen molar-refractivity contribution in [3.05, 3.63) is 70.9 Å². The van der Waals surface area contributed by atoms with Crippen LogP contribution in [0.1, 0.15) is 32.0 Å². The van der Waals surface area contributed by atoms with Gasteiger partial charge in [0.05, 0.1) is 11.4 Å². The smallest absolute Gasteiger partial charge is 0.134 e. The summed E-state index contributed by atoms with van der Waals surface area (Å²) in [6, 6.07) is 17.8. The fourth-order valence-electron chi connectivity index (χ4n) is 2.62. The SMILES string of the molecule is CC(C)(C)c1cc(Nc2cccc(Cl)c2)n(-c2ccccc2CN)n1. The lowest BCUT2D eigenvalue weighted by Crippen LogP contribution is -2.13. The summed E-state index contributed by atoms with van der Waals surface area (Å²) in [4.78, 5) is 0. The Morgan fingerprint density at radius 3 is 2.52 bits per heavy atom. The summed E-state index contributed by atoms with van der Waals surface area (Å²) >= 11 is 6.11. The van der Waals surface area contributed by atoms with Gasteiger partial charge >= 0.3 is 0 Å². The van der Waals surface area contributed by atoms with E-state index in [2.05, 4.69) is 32.2 Å². The molecule has 0 saturated heterocycles. The largest absolute Gasteiger partial charge is 0.340 e. The minimum atomic E-state index is -0.0618. The Kier molecular flexibility index (Phi) is 4.84. The normalized spacial score (nSPS) is 11.6. The first kappa shape index (κ1) is 17.5. The lowest BCUT2D eigenvalue weighted by Gasteiger charge is -2.14. The molecule has 1 heterocycles. The molecule has 0 unspecified atom stereocenters. The first-order chi connectivity index (χ1) is 11.9. The van der Waals surface area contributed by atoms with Gasteiger partial charge in [-0.2, -0.15) is 5.10 Å². The van der Waals surface area contributed by atoms with E-state index in [1.54, 1.807) is 0 Å². The van der Waals surface area contributed by atoms with Gasteiger partial charge < -0.3 is 11.1 Å². The lowest BCUT2D eigenvalue weighted by atomic mass is 9.92. The molecule has 0 aliphatic heterocycles. The van der Waals surface area contributed by atoms with Crippen molar-refractivity contribution in [2.75, 3.05) is 5.32 Å². The predicted octanol–water partition coefficient (Wildman–Crippen LogP) is 5.03. The van der Waals surface area contributed by atoms with E-state index in [9.17, 15) is 0 Å². The van der Waals surface area contributed by atoms with Gasteiger partial charge in [-0.05, 0) is 29.8 Å². The second-order valence-corrected chi connectivity index (χ2v) is 7.48. The molecule has 0 atom stereocenters.